The van der Waals surface area contributed by atoms with E-state index in [1.807, 2.05) is 26.8 Å². The molecule has 1 aliphatic heterocycles. The Kier molecular flexibility index (Phi) is 3.75. The SMILES string of the molecule is Cc1cc(C)c(C(=O)N2C[C@@H](C)O[C@@H](C)C2)c(=O)[nH]1. The van der Waals surface area contributed by atoms with E-state index in [9.17, 15) is 9.59 Å². The van der Waals surface area contributed by atoms with Crippen LogP contribution in [0.4, 0.5) is 0 Å². The maximum Gasteiger partial charge on any atom is 0.261 e. The number of carbonyl (C=O) groups is 1. The van der Waals surface area contributed by atoms with Gasteiger partial charge < -0.3 is 14.6 Å². The number of aromatic nitrogens is 1. The number of aromatic amines is 1. The molecule has 0 bridgehead atoms. The number of nitrogens with one attached hydrogen (secondary N) is 1. The number of nitrogens with zero attached hydrogens (tertiary/aromatic N) is 1. The molecule has 0 radical (unpaired) electrons. The number of hydrogen-bond donors (Lipinski definition) is 1. The van der Waals surface area contributed by atoms with Gasteiger partial charge in [0.2, 0.25) is 0 Å². The molecule has 1 saturated heterocycles. The Morgan fingerprint density at radius 1 is 1.32 bits per heavy atom. The van der Waals surface area contributed by atoms with Crippen LogP contribution in [0.5, 0.6) is 0 Å². The minimum atomic E-state index is -0.311. The molecule has 1 aromatic rings. The highest BCUT2D eigenvalue weighted by Crippen LogP contribution is 2.14. The van der Waals surface area contributed by atoms with E-state index in [4.69, 9.17) is 4.74 Å². The van der Waals surface area contributed by atoms with Crippen molar-refractivity contribution in [2.24, 2.45) is 0 Å². The van der Waals surface area contributed by atoms with Gasteiger partial charge in [0.1, 0.15) is 5.56 Å². The third-order valence-electron chi connectivity index (χ3n) is 3.29. The second-order valence-corrected chi connectivity index (χ2v) is 5.31. The number of carbonyl (C=O) groups excluding carboxylic acids is 1. The van der Waals surface area contributed by atoms with Crippen LogP contribution in [0.25, 0.3) is 0 Å². The van der Waals surface area contributed by atoms with E-state index in [0.29, 0.717) is 13.1 Å². The molecule has 0 saturated carbocycles. The van der Waals surface area contributed by atoms with Crippen molar-refractivity contribution in [3.05, 3.63) is 33.2 Å². The van der Waals surface area contributed by atoms with Gasteiger partial charge in [-0.05, 0) is 39.3 Å². The van der Waals surface area contributed by atoms with Crippen molar-refractivity contribution in [2.45, 2.75) is 39.9 Å². The number of aryl methyl sites for hydroxylation is 2. The summed E-state index contributed by atoms with van der Waals surface area (Å²) in [7, 11) is 0. The van der Waals surface area contributed by atoms with E-state index >= 15 is 0 Å². The minimum Gasteiger partial charge on any atom is -0.372 e. The van der Waals surface area contributed by atoms with Gasteiger partial charge in [-0.1, -0.05) is 0 Å². The molecule has 2 heterocycles. The zero-order valence-electron chi connectivity index (χ0n) is 11.8. The average molecular weight is 264 g/mol. The predicted octanol–water partition coefficient (Wildman–Crippen LogP) is 1.24. The first-order chi connectivity index (χ1) is 8.88. The summed E-state index contributed by atoms with van der Waals surface area (Å²) in [4.78, 5) is 28.9. The first-order valence-electron chi connectivity index (χ1n) is 6.53. The predicted molar refractivity (Wildman–Crippen MR) is 72.4 cm³/mol. The molecule has 1 aliphatic rings. The summed E-state index contributed by atoms with van der Waals surface area (Å²) in [5.41, 5.74) is 1.42. The molecule has 104 valence electrons. The molecule has 1 aromatic heterocycles. The van der Waals surface area contributed by atoms with Crippen LogP contribution >= 0.6 is 0 Å². The second kappa shape index (κ2) is 5.17. The van der Waals surface area contributed by atoms with Gasteiger partial charge in [0.25, 0.3) is 11.5 Å². The summed E-state index contributed by atoms with van der Waals surface area (Å²) >= 11 is 0. The lowest BCUT2D eigenvalue weighted by Gasteiger charge is -2.35. The standard InChI is InChI=1S/C14H20N2O3/c1-8-5-9(2)15-13(17)12(8)14(18)16-6-10(3)19-11(4)7-16/h5,10-11H,6-7H2,1-4H3,(H,15,17)/t10-,11+. The van der Waals surface area contributed by atoms with Crippen LogP contribution in [0.1, 0.15) is 35.5 Å². The molecule has 1 fully saturated rings. The summed E-state index contributed by atoms with van der Waals surface area (Å²) in [6, 6.07) is 1.82. The van der Waals surface area contributed by atoms with Crippen LogP contribution in [-0.2, 0) is 4.74 Å². The van der Waals surface area contributed by atoms with Crippen molar-refractivity contribution < 1.29 is 9.53 Å². The van der Waals surface area contributed by atoms with Crippen LogP contribution in [0, 0.1) is 13.8 Å². The summed E-state index contributed by atoms with van der Waals surface area (Å²) in [5.74, 6) is -0.208. The van der Waals surface area contributed by atoms with Gasteiger partial charge >= 0.3 is 0 Å². The quantitative estimate of drug-likeness (QED) is 0.830. The zero-order valence-corrected chi connectivity index (χ0v) is 11.8. The van der Waals surface area contributed by atoms with Crippen molar-refractivity contribution in [3.8, 4) is 0 Å². The van der Waals surface area contributed by atoms with E-state index in [1.165, 1.54) is 0 Å². The molecule has 0 aliphatic carbocycles. The summed E-state index contributed by atoms with van der Waals surface area (Å²) < 4.78 is 5.60. The summed E-state index contributed by atoms with van der Waals surface area (Å²) in [5, 5.41) is 0. The molecule has 5 heteroatoms. The lowest BCUT2D eigenvalue weighted by molar-refractivity contribution is -0.0586. The number of H-pyrrole nitrogens is 1. The van der Waals surface area contributed by atoms with E-state index < -0.39 is 0 Å². The molecule has 0 spiro atoms. The highest BCUT2D eigenvalue weighted by Gasteiger charge is 2.28. The van der Waals surface area contributed by atoms with E-state index in [-0.39, 0.29) is 29.2 Å². The number of amides is 1. The largest absolute Gasteiger partial charge is 0.372 e. The highest BCUT2D eigenvalue weighted by molar-refractivity contribution is 5.95. The Morgan fingerprint density at radius 2 is 1.89 bits per heavy atom. The van der Waals surface area contributed by atoms with Crippen molar-refractivity contribution in [1.82, 2.24) is 9.88 Å². The molecule has 1 N–H and O–H groups in total. The average Bonchev–Trinajstić information content (AvgIpc) is 2.25. The van der Waals surface area contributed by atoms with Crippen LogP contribution in [0.15, 0.2) is 10.9 Å². The number of hydrogen-bond acceptors (Lipinski definition) is 3. The van der Waals surface area contributed by atoms with Crippen LogP contribution < -0.4 is 5.56 Å². The van der Waals surface area contributed by atoms with Crippen LogP contribution in [0.3, 0.4) is 0 Å². The van der Waals surface area contributed by atoms with Crippen molar-refractivity contribution in [3.63, 3.8) is 0 Å². The van der Waals surface area contributed by atoms with E-state index in [0.717, 1.165) is 11.3 Å². The van der Waals surface area contributed by atoms with Gasteiger partial charge in [-0.15, -0.1) is 0 Å². The van der Waals surface area contributed by atoms with Crippen molar-refractivity contribution in [1.29, 1.82) is 0 Å². The zero-order chi connectivity index (χ0) is 14.2. The maximum atomic E-state index is 12.5. The van der Waals surface area contributed by atoms with Crippen LogP contribution in [-0.4, -0.2) is 41.1 Å². The first-order valence-corrected chi connectivity index (χ1v) is 6.53. The highest BCUT2D eigenvalue weighted by atomic mass is 16.5. The number of ether oxygens (including phenoxy) is 1. The lowest BCUT2D eigenvalue weighted by atomic mass is 10.1. The molecular weight excluding hydrogens is 244 g/mol. The molecular formula is C14H20N2O3. The van der Waals surface area contributed by atoms with Crippen molar-refractivity contribution in [2.75, 3.05) is 13.1 Å². The van der Waals surface area contributed by atoms with Gasteiger partial charge in [0, 0.05) is 18.8 Å². The lowest BCUT2D eigenvalue weighted by Crippen LogP contribution is -2.49. The van der Waals surface area contributed by atoms with Gasteiger partial charge in [0.15, 0.2) is 0 Å². The smallest absolute Gasteiger partial charge is 0.261 e. The minimum absolute atomic E-state index is 0.00228. The third kappa shape index (κ3) is 2.87. The molecule has 5 nitrogen and oxygen atoms in total. The normalized spacial score (nSPS) is 23.5. The monoisotopic (exact) mass is 264 g/mol. The molecule has 0 unspecified atom stereocenters. The molecule has 2 rings (SSSR count). The molecule has 2 atom stereocenters. The van der Waals surface area contributed by atoms with Gasteiger partial charge in [-0.2, -0.15) is 0 Å². The fourth-order valence-corrected chi connectivity index (χ4v) is 2.62. The van der Waals surface area contributed by atoms with E-state index in [1.54, 1.807) is 11.8 Å². The van der Waals surface area contributed by atoms with Crippen LogP contribution in [0.2, 0.25) is 0 Å². The Morgan fingerprint density at radius 3 is 2.42 bits per heavy atom. The number of pyridine rings is 1. The Bertz CT molecular complexity index is 540. The van der Waals surface area contributed by atoms with E-state index in [2.05, 4.69) is 4.98 Å². The Balaban J connectivity index is 2.32. The topological polar surface area (TPSA) is 62.4 Å². The third-order valence-corrected chi connectivity index (χ3v) is 3.29. The second-order valence-electron chi connectivity index (χ2n) is 5.31. The first kappa shape index (κ1) is 13.8. The molecule has 19 heavy (non-hydrogen) atoms. The fourth-order valence-electron chi connectivity index (χ4n) is 2.62. The Hall–Kier alpha value is -1.62. The fraction of sp³-hybridized carbons (Fsp3) is 0.571. The molecule has 1 amide bonds. The summed E-state index contributed by atoms with van der Waals surface area (Å²) in [6.07, 6.45) is -0.00456. The number of rotatable bonds is 1. The molecule has 0 aromatic carbocycles. The maximum absolute atomic E-state index is 12.5. The Labute approximate surface area is 112 Å². The van der Waals surface area contributed by atoms with Gasteiger partial charge in [0.05, 0.1) is 12.2 Å². The van der Waals surface area contributed by atoms with Crippen molar-refractivity contribution >= 4 is 5.91 Å². The van der Waals surface area contributed by atoms with Gasteiger partial charge in [-0.25, -0.2) is 0 Å². The number of morpholine rings is 1. The summed E-state index contributed by atoms with van der Waals surface area (Å²) in [6.45, 7) is 8.51. The van der Waals surface area contributed by atoms with Gasteiger partial charge in [-0.3, -0.25) is 9.59 Å².